The normalized spacial score (nSPS) is 11.2. The number of rotatable bonds is 4. The SMILES string of the molecule is CS(=O)(=O)Nc1ccc(Nc2ccc(F)c(F)c2F)nc1. The number of halogens is 3. The highest BCUT2D eigenvalue weighted by Crippen LogP contribution is 2.23. The van der Waals surface area contributed by atoms with E-state index in [0.717, 1.165) is 18.4 Å². The fraction of sp³-hybridized carbons (Fsp3) is 0.0833. The third kappa shape index (κ3) is 3.85. The second-order valence-corrected chi connectivity index (χ2v) is 5.90. The molecule has 1 heterocycles. The summed E-state index contributed by atoms with van der Waals surface area (Å²) in [5.74, 6) is -4.11. The molecule has 5 nitrogen and oxygen atoms in total. The summed E-state index contributed by atoms with van der Waals surface area (Å²) in [6.45, 7) is 0. The van der Waals surface area contributed by atoms with Crippen LogP contribution >= 0.6 is 0 Å². The van der Waals surface area contributed by atoms with Crippen molar-refractivity contribution in [2.75, 3.05) is 16.3 Å². The molecule has 0 atom stereocenters. The molecule has 0 fully saturated rings. The third-order valence-corrected chi connectivity index (χ3v) is 2.97. The molecule has 0 aliphatic rings. The van der Waals surface area contributed by atoms with Crippen LogP contribution in [0.3, 0.4) is 0 Å². The second-order valence-electron chi connectivity index (χ2n) is 4.15. The van der Waals surface area contributed by atoms with Crippen molar-refractivity contribution in [3.8, 4) is 0 Å². The molecule has 0 saturated carbocycles. The fourth-order valence-electron chi connectivity index (χ4n) is 1.50. The first-order valence-corrected chi connectivity index (χ1v) is 7.50. The van der Waals surface area contributed by atoms with Crippen LogP contribution < -0.4 is 10.0 Å². The standard InChI is InChI=1S/C12H10F3N3O2S/c1-21(19,20)18-7-2-5-10(16-6-7)17-9-4-3-8(13)11(14)12(9)15/h2-6,18H,1H3,(H,16,17). The van der Waals surface area contributed by atoms with E-state index in [1.165, 1.54) is 18.3 Å². The van der Waals surface area contributed by atoms with E-state index in [0.29, 0.717) is 0 Å². The predicted molar refractivity (Wildman–Crippen MR) is 72.3 cm³/mol. The van der Waals surface area contributed by atoms with Gasteiger partial charge < -0.3 is 5.32 Å². The highest BCUT2D eigenvalue weighted by Gasteiger charge is 2.13. The molecular formula is C12H10F3N3O2S. The van der Waals surface area contributed by atoms with Crippen molar-refractivity contribution >= 4 is 27.2 Å². The van der Waals surface area contributed by atoms with Gasteiger partial charge in [-0.05, 0) is 24.3 Å². The maximum Gasteiger partial charge on any atom is 0.229 e. The summed E-state index contributed by atoms with van der Waals surface area (Å²) in [6.07, 6.45) is 2.18. The van der Waals surface area contributed by atoms with Crippen molar-refractivity contribution in [2.45, 2.75) is 0 Å². The number of benzene rings is 1. The summed E-state index contributed by atoms with van der Waals surface area (Å²) in [5, 5.41) is 2.46. The first-order chi connectivity index (χ1) is 9.76. The zero-order chi connectivity index (χ0) is 15.6. The number of hydrogen-bond acceptors (Lipinski definition) is 4. The summed E-state index contributed by atoms with van der Waals surface area (Å²) >= 11 is 0. The molecule has 9 heteroatoms. The molecule has 0 radical (unpaired) electrons. The lowest BCUT2D eigenvalue weighted by molar-refractivity contribution is 0.449. The van der Waals surface area contributed by atoms with Crippen LogP contribution in [0.1, 0.15) is 0 Å². The van der Waals surface area contributed by atoms with E-state index in [-0.39, 0.29) is 17.2 Å². The van der Waals surface area contributed by atoms with Crippen LogP contribution in [-0.4, -0.2) is 19.7 Å². The molecular weight excluding hydrogens is 307 g/mol. The van der Waals surface area contributed by atoms with E-state index in [4.69, 9.17) is 0 Å². The average molecular weight is 317 g/mol. The van der Waals surface area contributed by atoms with Crippen molar-refractivity contribution in [2.24, 2.45) is 0 Å². The van der Waals surface area contributed by atoms with Gasteiger partial charge in [0.1, 0.15) is 5.82 Å². The topological polar surface area (TPSA) is 71.1 Å². The number of sulfonamides is 1. The monoisotopic (exact) mass is 317 g/mol. The molecule has 2 N–H and O–H groups in total. The summed E-state index contributed by atoms with van der Waals surface area (Å²) < 4.78 is 63.5. The smallest absolute Gasteiger partial charge is 0.229 e. The van der Waals surface area contributed by atoms with Crippen LogP contribution in [0.4, 0.5) is 30.4 Å². The zero-order valence-electron chi connectivity index (χ0n) is 10.7. The lowest BCUT2D eigenvalue weighted by atomic mass is 10.2. The molecule has 21 heavy (non-hydrogen) atoms. The number of nitrogens with zero attached hydrogens (tertiary/aromatic N) is 1. The minimum absolute atomic E-state index is 0.138. The number of pyridine rings is 1. The van der Waals surface area contributed by atoms with Gasteiger partial charge in [-0.1, -0.05) is 0 Å². The van der Waals surface area contributed by atoms with Gasteiger partial charge in [0.15, 0.2) is 17.5 Å². The maximum atomic E-state index is 13.5. The van der Waals surface area contributed by atoms with Crippen LogP contribution in [0.5, 0.6) is 0 Å². The Morgan fingerprint density at radius 2 is 1.76 bits per heavy atom. The van der Waals surface area contributed by atoms with Crippen molar-refractivity contribution in [3.63, 3.8) is 0 Å². The lowest BCUT2D eigenvalue weighted by Gasteiger charge is -2.08. The molecule has 0 aliphatic heterocycles. The Kier molecular flexibility index (Phi) is 4.03. The van der Waals surface area contributed by atoms with Crippen LogP contribution in [0.15, 0.2) is 30.5 Å². The van der Waals surface area contributed by atoms with Gasteiger partial charge in [0.25, 0.3) is 0 Å². The van der Waals surface area contributed by atoms with Gasteiger partial charge >= 0.3 is 0 Å². The molecule has 112 valence electrons. The Labute approximate surface area is 118 Å². The Bertz CT molecular complexity index is 764. The molecule has 1 aromatic heterocycles. The summed E-state index contributed by atoms with van der Waals surface area (Å²) in [7, 11) is -3.43. The molecule has 0 spiro atoms. The summed E-state index contributed by atoms with van der Waals surface area (Å²) in [4.78, 5) is 3.83. The van der Waals surface area contributed by atoms with Crippen molar-refractivity contribution in [1.82, 2.24) is 4.98 Å². The molecule has 0 bridgehead atoms. The molecule has 0 saturated heterocycles. The van der Waals surface area contributed by atoms with Crippen LogP contribution in [-0.2, 0) is 10.0 Å². The average Bonchev–Trinajstić information content (AvgIpc) is 2.40. The van der Waals surface area contributed by atoms with Gasteiger partial charge in [0.05, 0.1) is 23.8 Å². The molecule has 0 aliphatic carbocycles. The first-order valence-electron chi connectivity index (χ1n) is 5.60. The van der Waals surface area contributed by atoms with Gasteiger partial charge in [-0.25, -0.2) is 26.6 Å². The Balaban J connectivity index is 2.19. The summed E-state index contributed by atoms with van der Waals surface area (Å²) in [6, 6.07) is 4.54. The van der Waals surface area contributed by atoms with Crippen LogP contribution in [0.2, 0.25) is 0 Å². The van der Waals surface area contributed by atoms with Gasteiger partial charge in [0.2, 0.25) is 10.0 Å². The highest BCUT2D eigenvalue weighted by atomic mass is 32.2. The second kappa shape index (κ2) is 5.60. The van der Waals surface area contributed by atoms with Crippen molar-refractivity contribution in [3.05, 3.63) is 47.9 Å². The van der Waals surface area contributed by atoms with Crippen molar-refractivity contribution in [1.29, 1.82) is 0 Å². The minimum atomic E-state index is -3.43. The van der Waals surface area contributed by atoms with Gasteiger partial charge in [-0.2, -0.15) is 0 Å². The van der Waals surface area contributed by atoms with Crippen LogP contribution in [0.25, 0.3) is 0 Å². The number of hydrogen-bond donors (Lipinski definition) is 2. The Morgan fingerprint density at radius 1 is 1.05 bits per heavy atom. The fourth-order valence-corrected chi connectivity index (χ4v) is 2.05. The van der Waals surface area contributed by atoms with Crippen LogP contribution in [0, 0.1) is 17.5 Å². The summed E-state index contributed by atoms with van der Waals surface area (Å²) in [5.41, 5.74) is -0.0703. The molecule has 0 amide bonds. The third-order valence-electron chi connectivity index (χ3n) is 2.36. The maximum absolute atomic E-state index is 13.5. The molecule has 2 aromatic rings. The Morgan fingerprint density at radius 3 is 2.33 bits per heavy atom. The quantitative estimate of drug-likeness (QED) is 0.850. The highest BCUT2D eigenvalue weighted by molar-refractivity contribution is 7.92. The lowest BCUT2D eigenvalue weighted by Crippen LogP contribution is -2.09. The number of anilines is 3. The minimum Gasteiger partial charge on any atom is -0.338 e. The van der Waals surface area contributed by atoms with E-state index in [2.05, 4.69) is 15.0 Å². The predicted octanol–water partition coefficient (Wildman–Crippen LogP) is 2.61. The van der Waals surface area contributed by atoms with Gasteiger partial charge in [-0.3, -0.25) is 4.72 Å². The number of nitrogens with one attached hydrogen (secondary N) is 2. The number of aromatic nitrogens is 1. The molecule has 1 aromatic carbocycles. The first kappa shape index (κ1) is 15.1. The van der Waals surface area contributed by atoms with E-state index >= 15 is 0 Å². The van der Waals surface area contributed by atoms with E-state index in [1.54, 1.807) is 0 Å². The molecule has 2 rings (SSSR count). The van der Waals surface area contributed by atoms with E-state index in [1.807, 2.05) is 0 Å². The van der Waals surface area contributed by atoms with Gasteiger partial charge in [0, 0.05) is 0 Å². The molecule has 0 unspecified atom stereocenters. The largest absolute Gasteiger partial charge is 0.338 e. The van der Waals surface area contributed by atoms with E-state index in [9.17, 15) is 21.6 Å². The zero-order valence-corrected chi connectivity index (χ0v) is 11.5. The van der Waals surface area contributed by atoms with Crippen molar-refractivity contribution < 1.29 is 21.6 Å². The van der Waals surface area contributed by atoms with Gasteiger partial charge in [-0.15, -0.1) is 0 Å². The Hall–Kier alpha value is -2.29. The van der Waals surface area contributed by atoms with E-state index < -0.39 is 27.5 Å².